The van der Waals surface area contributed by atoms with Gasteiger partial charge in [-0.1, -0.05) is 30.3 Å². The zero-order valence-corrected chi connectivity index (χ0v) is 16.2. The molecule has 1 fully saturated rings. The summed E-state index contributed by atoms with van der Waals surface area (Å²) in [6.07, 6.45) is 2.04. The van der Waals surface area contributed by atoms with Crippen molar-refractivity contribution < 1.29 is 24.2 Å². The van der Waals surface area contributed by atoms with Gasteiger partial charge < -0.3 is 20.1 Å². The summed E-state index contributed by atoms with van der Waals surface area (Å²) in [7, 11) is 0. The van der Waals surface area contributed by atoms with E-state index in [0.717, 1.165) is 11.3 Å². The molecule has 1 heterocycles. The number of carbonyl (C=O) groups is 3. The zero-order chi connectivity index (χ0) is 19.6. The van der Waals surface area contributed by atoms with Crippen LogP contribution in [0.1, 0.15) is 18.4 Å². The van der Waals surface area contributed by atoms with Gasteiger partial charge in [0.1, 0.15) is 6.04 Å². The van der Waals surface area contributed by atoms with E-state index < -0.39 is 18.1 Å². The van der Waals surface area contributed by atoms with Crippen molar-refractivity contribution in [2.45, 2.75) is 31.4 Å². The van der Waals surface area contributed by atoms with Crippen molar-refractivity contribution >= 4 is 29.5 Å². The average Bonchev–Trinajstić information content (AvgIpc) is 2.65. The molecule has 1 aromatic carbocycles. The van der Waals surface area contributed by atoms with E-state index in [1.165, 1.54) is 0 Å². The molecule has 1 aromatic rings. The van der Waals surface area contributed by atoms with E-state index >= 15 is 0 Å². The largest absolute Gasteiger partial charge is 0.481 e. The van der Waals surface area contributed by atoms with E-state index in [1.807, 2.05) is 36.6 Å². The molecule has 0 bridgehead atoms. The van der Waals surface area contributed by atoms with Gasteiger partial charge in [0.2, 0.25) is 11.8 Å². The summed E-state index contributed by atoms with van der Waals surface area (Å²) < 4.78 is 5.42. The maximum Gasteiger partial charge on any atom is 0.306 e. The first-order chi connectivity index (χ1) is 13.0. The minimum atomic E-state index is -0.954. The van der Waals surface area contributed by atoms with Gasteiger partial charge in [0.25, 0.3) is 0 Å². The lowest BCUT2D eigenvalue weighted by atomic mass is 10.1. The van der Waals surface area contributed by atoms with Gasteiger partial charge in [-0.15, -0.1) is 0 Å². The van der Waals surface area contributed by atoms with Crippen molar-refractivity contribution in [2.75, 3.05) is 31.7 Å². The quantitative estimate of drug-likeness (QED) is 0.653. The third kappa shape index (κ3) is 7.22. The SMILES string of the molecule is CSCCC(NC(=O)Cc1ccccc1)C(=O)N1CCOC(CC(=O)O)C1. The van der Waals surface area contributed by atoms with E-state index in [2.05, 4.69) is 5.32 Å². The summed E-state index contributed by atoms with van der Waals surface area (Å²) in [6.45, 7) is 0.936. The van der Waals surface area contributed by atoms with Gasteiger partial charge in [-0.25, -0.2) is 0 Å². The van der Waals surface area contributed by atoms with Gasteiger partial charge in [-0.05, 0) is 24.0 Å². The molecular weight excluding hydrogens is 368 g/mol. The average molecular weight is 394 g/mol. The Kier molecular flexibility index (Phi) is 8.60. The van der Waals surface area contributed by atoms with Crippen molar-refractivity contribution in [2.24, 2.45) is 0 Å². The lowest BCUT2D eigenvalue weighted by Gasteiger charge is -2.34. The molecule has 0 radical (unpaired) electrons. The Morgan fingerprint density at radius 2 is 2.07 bits per heavy atom. The van der Waals surface area contributed by atoms with Crippen LogP contribution < -0.4 is 5.32 Å². The Morgan fingerprint density at radius 1 is 1.33 bits per heavy atom. The predicted molar refractivity (Wildman–Crippen MR) is 104 cm³/mol. The van der Waals surface area contributed by atoms with Crippen LogP contribution in [-0.2, 0) is 25.5 Å². The van der Waals surface area contributed by atoms with E-state index in [4.69, 9.17) is 9.84 Å². The van der Waals surface area contributed by atoms with Crippen LogP contribution >= 0.6 is 11.8 Å². The molecule has 2 amide bonds. The van der Waals surface area contributed by atoms with Gasteiger partial charge >= 0.3 is 5.97 Å². The number of carbonyl (C=O) groups excluding carboxylic acids is 2. The molecule has 1 saturated heterocycles. The number of ether oxygens (including phenoxy) is 1. The van der Waals surface area contributed by atoms with Crippen LogP contribution in [0.25, 0.3) is 0 Å². The molecule has 8 heteroatoms. The number of carboxylic acids is 1. The van der Waals surface area contributed by atoms with Crippen LogP contribution in [0.5, 0.6) is 0 Å². The standard InChI is InChI=1S/C19H26N2O5S/c1-27-10-7-16(20-17(22)11-14-5-3-2-4-6-14)19(25)21-8-9-26-15(13-21)12-18(23)24/h2-6,15-16H,7-13H2,1H3,(H,20,22)(H,23,24). The lowest BCUT2D eigenvalue weighted by Crippen LogP contribution is -2.54. The Balaban J connectivity index is 1.97. The predicted octanol–water partition coefficient (Wildman–Crippen LogP) is 1.17. The molecule has 2 rings (SSSR count). The van der Waals surface area contributed by atoms with Crippen molar-refractivity contribution in [1.82, 2.24) is 10.2 Å². The number of morpholine rings is 1. The number of hydrogen-bond donors (Lipinski definition) is 2. The zero-order valence-electron chi connectivity index (χ0n) is 15.4. The van der Waals surface area contributed by atoms with E-state index in [1.54, 1.807) is 16.7 Å². The molecular formula is C19H26N2O5S. The molecule has 2 N–H and O–H groups in total. The number of amides is 2. The summed E-state index contributed by atoms with van der Waals surface area (Å²) in [4.78, 5) is 37.8. The van der Waals surface area contributed by atoms with Gasteiger partial charge in [0, 0.05) is 13.1 Å². The summed E-state index contributed by atoms with van der Waals surface area (Å²) in [5.41, 5.74) is 0.888. The topological polar surface area (TPSA) is 95.9 Å². The first kappa shape index (κ1) is 21.2. The number of carboxylic acid groups (broad SMARTS) is 1. The number of nitrogens with zero attached hydrogens (tertiary/aromatic N) is 1. The Labute approximate surface area is 163 Å². The lowest BCUT2D eigenvalue weighted by molar-refractivity contribution is -0.149. The highest BCUT2D eigenvalue weighted by Crippen LogP contribution is 2.13. The second-order valence-electron chi connectivity index (χ2n) is 6.44. The number of rotatable bonds is 9. The van der Waals surface area contributed by atoms with Crippen LogP contribution in [0, 0.1) is 0 Å². The van der Waals surface area contributed by atoms with Gasteiger partial charge in [-0.3, -0.25) is 14.4 Å². The molecule has 7 nitrogen and oxygen atoms in total. The number of thioether (sulfide) groups is 1. The normalized spacial score (nSPS) is 18.0. The third-order valence-electron chi connectivity index (χ3n) is 4.30. The molecule has 1 aliphatic heterocycles. The van der Waals surface area contributed by atoms with Gasteiger partial charge in [0.05, 0.1) is 25.6 Å². The van der Waals surface area contributed by atoms with E-state index in [9.17, 15) is 14.4 Å². The van der Waals surface area contributed by atoms with Crippen LogP contribution in [0.15, 0.2) is 30.3 Å². The first-order valence-electron chi connectivity index (χ1n) is 8.94. The van der Waals surface area contributed by atoms with Crippen molar-refractivity contribution in [1.29, 1.82) is 0 Å². The maximum absolute atomic E-state index is 12.9. The fourth-order valence-corrected chi connectivity index (χ4v) is 3.45. The van der Waals surface area contributed by atoms with Crippen LogP contribution in [0.2, 0.25) is 0 Å². The summed E-state index contributed by atoms with van der Waals surface area (Å²) in [6, 6.07) is 8.76. The molecule has 0 spiro atoms. The maximum atomic E-state index is 12.9. The molecule has 0 aliphatic carbocycles. The molecule has 2 unspecified atom stereocenters. The molecule has 1 aliphatic rings. The van der Waals surface area contributed by atoms with Crippen LogP contribution in [-0.4, -0.2) is 71.6 Å². The molecule has 0 aromatic heterocycles. The summed E-state index contributed by atoms with van der Waals surface area (Å²) in [5, 5.41) is 11.8. The number of nitrogens with one attached hydrogen (secondary N) is 1. The molecule has 148 valence electrons. The smallest absolute Gasteiger partial charge is 0.306 e. The highest BCUT2D eigenvalue weighted by molar-refractivity contribution is 7.98. The van der Waals surface area contributed by atoms with Crippen LogP contribution in [0.4, 0.5) is 0 Å². The number of hydrogen-bond acceptors (Lipinski definition) is 5. The van der Waals surface area contributed by atoms with Crippen molar-refractivity contribution in [3.05, 3.63) is 35.9 Å². The van der Waals surface area contributed by atoms with E-state index in [-0.39, 0.29) is 31.2 Å². The fourth-order valence-electron chi connectivity index (χ4n) is 2.98. The number of aliphatic carboxylic acids is 1. The fraction of sp³-hybridized carbons (Fsp3) is 0.526. The monoisotopic (exact) mass is 394 g/mol. The highest BCUT2D eigenvalue weighted by atomic mass is 32.2. The van der Waals surface area contributed by atoms with Crippen LogP contribution in [0.3, 0.4) is 0 Å². The molecule has 2 atom stereocenters. The Morgan fingerprint density at radius 3 is 2.74 bits per heavy atom. The number of benzene rings is 1. The third-order valence-corrected chi connectivity index (χ3v) is 4.95. The minimum absolute atomic E-state index is 0.139. The molecule has 0 saturated carbocycles. The summed E-state index contributed by atoms with van der Waals surface area (Å²) in [5.74, 6) is -0.588. The first-order valence-corrected chi connectivity index (χ1v) is 10.3. The highest BCUT2D eigenvalue weighted by Gasteiger charge is 2.31. The van der Waals surface area contributed by atoms with E-state index in [0.29, 0.717) is 19.6 Å². The minimum Gasteiger partial charge on any atom is -0.481 e. The second-order valence-corrected chi connectivity index (χ2v) is 7.42. The van der Waals surface area contributed by atoms with Crippen molar-refractivity contribution in [3.63, 3.8) is 0 Å². The Bertz CT molecular complexity index is 640. The Hall–Kier alpha value is -2.06. The van der Waals surface area contributed by atoms with Gasteiger partial charge in [0.15, 0.2) is 0 Å². The molecule has 27 heavy (non-hydrogen) atoms. The van der Waals surface area contributed by atoms with Gasteiger partial charge in [-0.2, -0.15) is 11.8 Å². The second kappa shape index (κ2) is 10.9. The summed E-state index contributed by atoms with van der Waals surface area (Å²) >= 11 is 1.61. The van der Waals surface area contributed by atoms with Crippen molar-refractivity contribution in [3.8, 4) is 0 Å².